The number of aryl methyl sites for hydroxylation is 1. The van der Waals surface area contributed by atoms with Gasteiger partial charge >= 0.3 is 0 Å². The molecule has 0 atom stereocenters. The van der Waals surface area contributed by atoms with E-state index in [1.54, 1.807) is 0 Å². The lowest BCUT2D eigenvalue weighted by Gasteiger charge is -2.35. The standard InChI is InChI=1S/C54H45N/c1-38-17-11-14-26-47(38)50-35-41-20-12-13-21-42(41)36-53(50)55(45-31-29-40(30-32-45)39-18-5-2-6-19-39)46-33-34-49-48-27-15-16-28-51(48)54(52(49)37-46,43-22-7-3-8-23-43)44-24-9-4-10-25-44/h3-4,7-17,20-37,39H,2,5-6,18-19H2,1H3. The van der Waals surface area contributed by atoms with Crippen LogP contribution < -0.4 is 4.90 Å². The Hall–Kier alpha value is -6.18. The summed E-state index contributed by atoms with van der Waals surface area (Å²) in [6.07, 6.45) is 6.60. The van der Waals surface area contributed by atoms with Gasteiger partial charge in [-0.1, -0.05) is 171 Å². The molecule has 266 valence electrons. The molecule has 0 spiro atoms. The number of benzene rings is 8. The molecule has 1 heteroatoms. The Morgan fingerprint density at radius 3 is 1.69 bits per heavy atom. The third kappa shape index (κ3) is 5.61. The van der Waals surface area contributed by atoms with Gasteiger partial charge in [-0.25, -0.2) is 0 Å². The van der Waals surface area contributed by atoms with E-state index in [4.69, 9.17) is 0 Å². The topological polar surface area (TPSA) is 3.24 Å². The average molecular weight is 708 g/mol. The maximum absolute atomic E-state index is 2.53. The normalized spacial score (nSPS) is 14.7. The van der Waals surface area contributed by atoms with Crippen molar-refractivity contribution in [2.45, 2.75) is 50.4 Å². The molecule has 0 radical (unpaired) electrons. The van der Waals surface area contributed by atoms with Crippen LogP contribution in [0.1, 0.15) is 71.4 Å². The molecular formula is C54H45N. The minimum Gasteiger partial charge on any atom is -0.310 e. The summed E-state index contributed by atoms with van der Waals surface area (Å²) in [5, 5.41) is 2.48. The van der Waals surface area contributed by atoms with Crippen molar-refractivity contribution in [2.75, 3.05) is 4.90 Å². The predicted octanol–water partition coefficient (Wildman–Crippen LogP) is 14.7. The molecule has 1 saturated carbocycles. The lowest BCUT2D eigenvalue weighted by Crippen LogP contribution is -2.28. The van der Waals surface area contributed by atoms with Crippen LogP contribution >= 0.6 is 0 Å². The van der Waals surface area contributed by atoms with Crippen molar-refractivity contribution in [3.05, 3.63) is 221 Å². The number of nitrogens with zero attached hydrogens (tertiary/aromatic N) is 1. The lowest BCUT2D eigenvalue weighted by molar-refractivity contribution is 0.443. The molecule has 10 rings (SSSR count). The molecule has 1 fully saturated rings. The molecule has 1 nitrogen and oxygen atoms in total. The van der Waals surface area contributed by atoms with Crippen molar-refractivity contribution in [1.29, 1.82) is 0 Å². The van der Waals surface area contributed by atoms with E-state index in [-0.39, 0.29) is 0 Å². The highest BCUT2D eigenvalue weighted by atomic mass is 15.1. The van der Waals surface area contributed by atoms with Gasteiger partial charge in [0.2, 0.25) is 0 Å². The maximum atomic E-state index is 2.53. The summed E-state index contributed by atoms with van der Waals surface area (Å²) in [5.41, 5.74) is 16.0. The van der Waals surface area contributed by atoms with Crippen molar-refractivity contribution in [3.8, 4) is 22.3 Å². The summed E-state index contributed by atoms with van der Waals surface area (Å²) in [7, 11) is 0. The maximum Gasteiger partial charge on any atom is 0.0714 e. The Morgan fingerprint density at radius 2 is 1.00 bits per heavy atom. The summed E-state index contributed by atoms with van der Waals surface area (Å²) < 4.78 is 0. The minimum absolute atomic E-state index is 0.483. The summed E-state index contributed by atoms with van der Waals surface area (Å²) in [5.74, 6) is 0.648. The monoisotopic (exact) mass is 707 g/mol. The van der Waals surface area contributed by atoms with Gasteiger partial charge in [-0.05, 0) is 123 Å². The number of hydrogen-bond donors (Lipinski definition) is 0. The van der Waals surface area contributed by atoms with E-state index in [9.17, 15) is 0 Å². The van der Waals surface area contributed by atoms with Gasteiger partial charge in [0, 0.05) is 16.9 Å². The fourth-order valence-electron chi connectivity index (χ4n) is 9.83. The van der Waals surface area contributed by atoms with Gasteiger partial charge in [-0.15, -0.1) is 0 Å². The first-order chi connectivity index (χ1) is 27.2. The van der Waals surface area contributed by atoms with Gasteiger partial charge in [0.1, 0.15) is 0 Å². The highest BCUT2D eigenvalue weighted by Gasteiger charge is 2.46. The van der Waals surface area contributed by atoms with Gasteiger partial charge < -0.3 is 4.90 Å². The van der Waals surface area contributed by atoms with Crippen LogP contribution in [0, 0.1) is 6.92 Å². The van der Waals surface area contributed by atoms with Crippen molar-refractivity contribution in [1.82, 2.24) is 0 Å². The Bertz CT molecular complexity index is 2590. The third-order valence-corrected chi connectivity index (χ3v) is 12.5. The second-order valence-corrected chi connectivity index (χ2v) is 15.6. The molecule has 0 aliphatic heterocycles. The van der Waals surface area contributed by atoms with E-state index in [1.165, 1.54) is 110 Å². The zero-order valence-corrected chi connectivity index (χ0v) is 31.5. The summed E-state index contributed by atoms with van der Waals surface area (Å²) >= 11 is 0. The molecule has 55 heavy (non-hydrogen) atoms. The summed E-state index contributed by atoms with van der Waals surface area (Å²) in [6.45, 7) is 2.23. The molecular weight excluding hydrogens is 663 g/mol. The van der Waals surface area contributed by atoms with Crippen LogP contribution in [0.3, 0.4) is 0 Å². The van der Waals surface area contributed by atoms with Gasteiger partial charge in [0.25, 0.3) is 0 Å². The molecule has 2 aliphatic rings. The molecule has 0 bridgehead atoms. The Morgan fingerprint density at radius 1 is 0.436 bits per heavy atom. The quantitative estimate of drug-likeness (QED) is 0.159. The molecule has 0 aromatic heterocycles. The fraction of sp³-hybridized carbons (Fsp3) is 0.148. The van der Waals surface area contributed by atoms with E-state index < -0.39 is 5.41 Å². The van der Waals surface area contributed by atoms with Gasteiger partial charge in [-0.2, -0.15) is 0 Å². The lowest BCUT2D eigenvalue weighted by atomic mass is 9.67. The van der Waals surface area contributed by atoms with Crippen molar-refractivity contribution in [2.24, 2.45) is 0 Å². The van der Waals surface area contributed by atoms with Crippen LogP contribution in [0.4, 0.5) is 17.1 Å². The van der Waals surface area contributed by atoms with E-state index in [0.717, 1.165) is 5.69 Å². The first-order valence-corrected chi connectivity index (χ1v) is 20.0. The smallest absolute Gasteiger partial charge is 0.0714 e. The molecule has 0 N–H and O–H groups in total. The van der Waals surface area contributed by atoms with Crippen molar-refractivity contribution in [3.63, 3.8) is 0 Å². The first-order valence-electron chi connectivity index (χ1n) is 20.0. The number of anilines is 3. The first kappa shape index (κ1) is 33.4. The van der Waals surface area contributed by atoms with Crippen LogP contribution in [0.25, 0.3) is 33.0 Å². The third-order valence-electron chi connectivity index (χ3n) is 12.5. The van der Waals surface area contributed by atoms with E-state index in [0.29, 0.717) is 5.92 Å². The van der Waals surface area contributed by atoms with E-state index >= 15 is 0 Å². The van der Waals surface area contributed by atoms with Crippen LogP contribution in [-0.2, 0) is 5.41 Å². The average Bonchev–Trinajstić information content (AvgIpc) is 3.55. The highest BCUT2D eigenvalue weighted by Crippen LogP contribution is 2.57. The second-order valence-electron chi connectivity index (χ2n) is 15.6. The Kier molecular flexibility index (Phi) is 8.44. The Labute approximate surface area is 325 Å². The summed E-state index contributed by atoms with van der Waals surface area (Å²) in [6, 6.07) is 70.6. The van der Waals surface area contributed by atoms with E-state index in [1.807, 2.05) is 0 Å². The SMILES string of the molecule is Cc1ccccc1-c1cc2ccccc2cc1N(c1ccc(C2CCCCC2)cc1)c1ccc2c(c1)C(c1ccccc1)(c1ccccc1)c1ccccc1-2. The van der Waals surface area contributed by atoms with Crippen LogP contribution in [0.2, 0.25) is 0 Å². The molecule has 0 amide bonds. The molecule has 0 heterocycles. The van der Waals surface area contributed by atoms with Gasteiger partial charge in [-0.3, -0.25) is 0 Å². The minimum atomic E-state index is -0.483. The summed E-state index contributed by atoms with van der Waals surface area (Å²) in [4.78, 5) is 2.53. The molecule has 2 aliphatic carbocycles. The Balaban J connectivity index is 1.26. The van der Waals surface area contributed by atoms with Gasteiger partial charge in [0.05, 0.1) is 11.1 Å². The zero-order valence-electron chi connectivity index (χ0n) is 31.5. The predicted molar refractivity (Wildman–Crippen MR) is 232 cm³/mol. The van der Waals surface area contributed by atoms with Crippen LogP contribution in [0.15, 0.2) is 188 Å². The zero-order chi connectivity index (χ0) is 36.8. The number of hydrogen-bond acceptors (Lipinski definition) is 1. The van der Waals surface area contributed by atoms with Crippen LogP contribution in [-0.4, -0.2) is 0 Å². The van der Waals surface area contributed by atoms with E-state index in [2.05, 4.69) is 200 Å². The second kappa shape index (κ2) is 13.9. The number of rotatable bonds is 7. The number of fused-ring (bicyclic) bond motifs is 4. The fourth-order valence-corrected chi connectivity index (χ4v) is 9.83. The molecule has 0 unspecified atom stereocenters. The largest absolute Gasteiger partial charge is 0.310 e. The highest BCUT2D eigenvalue weighted by molar-refractivity contribution is 5.99. The molecule has 0 saturated heterocycles. The van der Waals surface area contributed by atoms with Gasteiger partial charge in [0.15, 0.2) is 0 Å². The van der Waals surface area contributed by atoms with Crippen molar-refractivity contribution >= 4 is 27.8 Å². The molecule has 8 aromatic carbocycles. The molecule has 8 aromatic rings. The van der Waals surface area contributed by atoms with Crippen molar-refractivity contribution < 1.29 is 0 Å². The van der Waals surface area contributed by atoms with Crippen LogP contribution in [0.5, 0.6) is 0 Å².